The summed E-state index contributed by atoms with van der Waals surface area (Å²) < 4.78 is 4.85. The zero-order valence-corrected chi connectivity index (χ0v) is 12.6. The van der Waals surface area contributed by atoms with E-state index in [1.54, 1.807) is 13.8 Å². The molecule has 0 radical (unpaired) electrons. The summed E-state index contributed by atoms with van der Waals surface area (Å²) in [5.74, 6) is 2.46. The van der Waals surface area contributed by atoms with Gasteiger partial charge in [0.2, 0.25) is 0 Å². The maximum Gasteiger partial charge on any atom is 0.408 e. The van der Waals surface area contributed by atoms with Crippen LogP contribution < -0.4 is 5.73 Å². The second kappa shape index (κ2) is 7.04. The number of terminal acetylenes is 1. The highest BCUT2D eigenvalue weighted by Crippen LogP contribution is 2.28. The van der Waals surface area contributed by atoms with Gasteiger partial charge in [0.1, 0.15) is 12.1 Å². The van der Waals surface area contributed by atoms with Gasteiger partial charge in [0.05, 0.1) is 0 Å². The molecule has 0 bridgehead atoms. The molecule has 1 atom stereocenters. The van der Waals surface area contributed by atoms with Gasteiger partial charge in [-0.3, -0.25) is 4.90 Å². The van der Waals surface area contributed by atoms with Gasteiger partial charge in [-0.15, -0.1) is 6.42 Å². The van der Waals surface area contributed by atoms with Crippen LogP contribution in [-0.2, 0) is 4.74 Å². The number of rotatable bonds is 7. The van der Waals surface area contributed by atoms with Crippen molar-refractivity contribution in [2.75, 3.05) is 13.2 Å². The van der Waals surface area contributed by atoms with Crippen LogP contribution in [0.15, 0.2) is 0 Å². The third kappa shape index (κ3) is 5.39. The van der Waals surface area contributed by atoms with E-state index in [0.29, 0.717) is 6.42 Å². The molecule has 0 aromatic heterocycles. The molecular formula is C14H24N2O4. The van der Waals surface area contributed by atoms with Gasteiger partial charge in [0.25, 0.3) is 0 Å². The average molecular weight is 284 g/mol. The van der Waals surface area contributed by atoms with Gasteiger partial charge in [0, 0.05) is 12.0 Å². The standard InChI is InChI=1S/C14H24N2O4/c1-6-8-14(5,10-20-11(15)17)9-16(12(18)19)13(3,4)7-2/h2H,6,8-10H2,1,3-5H3,(H2,15,17)(H,18,19). The first-order valence-corrected chi connectivity index (χ1v) is 6.48. The summed E-state index contributed by atoms with van der Waals surface area (Å²) in [5.41, 5.74) is 3.51. The molecule has 3 N–H and O–H groups in total. The fourth-order valence-corrected chi connectivity index (χ4v) is 2.01. The van der Waals surface area contributed by atoms with Gasteiger partial charge in [0.15, 0.2) is 0 Å². The summed E-state index contributed by atoms with van der Waals surface area (Å²) >= 11 is 0. The fourth-order valence-electron chi connectivity index (χ4n) is 2.01. The van der Waals surface area contributed by atoms with E-state index in [1.807, 2.05) is 13.8 Å². The number of carboxylic acid groups (broad SMARTS) is 1. The first-order valence-electron chi connectivity index (χ1n) is 6.48. The van der Waals surface area contributed by atoms with Crippen LogP contribution >= 0.6 is 0 Å². The van der Waals surface area contributed by atoms with E-state index >= 15 is 0 Å². The minimum Gasteiger partial charge on any atom is -0.465 e. The highest BCUT2D eigenvalue weighted by molar-refractivity contribution is 5.67. The molecule has 0 aromatic rings. The zero-order valence-electron chi connectivity index (χ0n) is 12.6. The summed E-state index contributed by atoms with van der Waals surface area (Å²) in [5, 5.41) is 9.35. The maximum absolute atomic E-state index is 11.4. The van der Waals surface area contributed by atoms with Crippen molar-refractivity contribution in [3.05, 3.63) is 0 Å². The number of hydrogen-bond donors (Lipinski definition) is 2. The van der Waals surface area contributed by atoms with E-state index in [0.717, 1.165) is 6.42 Å². The van der Waals surface area contributed by atoms with Crippen molar-refractivity contribution in [1.82, 2.24) is 4.90 Å². The van der Waals surface area contributed by atoms with Crippen molar-refractivity contribution in [2.45, 2.75) is 46.1 Å². The summed E-state index contributed by atoms with van der Waals surface area (Å²) in [6, 6.07) is 0. The zero-order chi connectivity index (χ0) is 16.0. The molecule has 6 heteroatoms. The van der Waals surface area contributed by atoms with Gasteiger partial charge in [-0.1, -0.05) is 26.2 Å². The number of nitrogens with two attached hydrogens (primary N) is 1. The molecule has 20 heavy (non-hydrogen) atoms. The fraction of sp³-hybridized carbons (Fsp3) is 0.714. The lowest BCUT2D eigenvalue weighted by Gasteiger charge is -2.39. The third-order valence-electron chi connectivity index (χ3n) is 3.22. The van der Waals surface area contributed by atoms with Crippen LogP contribution in [0.4, 0.5) is 9.59 Å². The number of primary amides is 1. The second-order valence-electron chi connectivity index (χ2n) is 5.74. The first-order chi connectivity index (χ1) is 9.08. The molecule has 114 valence electrons. The van der Waals surface area contributed by atoms with E-state index in [9.17, 15) is 14.7 Å². The number of ether oxygens (including phenoxy) is 1. The normalized spacial score (nSPS) is 13.9. The van der Waals surface area contributed by atoms with Crippen molar-refractivity contribution >= 4 is 12.2 Å². The van der Waals surface area contributed by atoms with E-state index in [-0.39, 0.29) is 13.2 Å². The highest BCUT2D eigenvalue weighted by atomic mass is 16.5. The Balaban J connectivity index is 5.15. The number of hydrogen-bond acceptors (Lipinski definition) is 3. The SMILES string of the molecule is C#CC(C)(C)N(CC(C)(CCC)COC(N)=O)C(=O)O. The maximum atomic E-state index is 11.4. The minimum atomic E-state index is -1.10. The lowest BCUT2D eigenvalue weighted by Crippen LogP contribution is -2.52. The van der Waals surface area contributed by atoms with E-state index in [1.165, 1.54) is 4.90 Å². The van der Waals surface area contributed by atoms with E-state index in [4.69, 9.17) is 16.9 Å². The van der Waals surface area contributed by atoms with Crippen molar-refractivity contribution in [3.63, 3.8) is 0 Å². The molecule has 0 fully saturated rings. The molecular weight excluding hydrogens is 260 g/mol. The number of carbonyl (C=O) groups excluding carboxylic acids is 1. The van der Waals surface area contributed by atoms with Gasteiger partial charge in [-0.2, -0.15) is 0 Å². The molecule has 0 spiro atoms. The minimum absolute atomic E-state index is 0.0562. The van der Waals surface area contributed by atoms with Crippen molar-refractivity contribution in [2.24, 2.45) is 11.1 Å². The van der Waals surface area contributed by atoms with Crippen molar-refractivity contribution in [3.8, 4) is 12.3 Å². The molecule has 0 saturated carbocycles. The van der Waals surface area contributed by atoms with Crippen LogP contribution in [0.5, 0.6) is 0 Å². The molecule has 0 rings (SSSR count). The molecule has 0 heterocycles. The topological polar surface area (TPSA) is 92.9 Å². The number of amides is 2. The van der Waals surface area contributed by atoms with Crippen LogP contribution in [0.2, 0.25) is 0 Å². The lowest BCUT2D eigenvalue weighted by atomic mass is 9.84. The lowest BCUT2D eigenvalue weighted by molar-refractivity contribution is 0.0401. The van der Waals surface area contributed by atoms with Gasteiger partial charge < -0.3 is 15.6 Å². The largest absolute Gasteiger partial charge is 0.465 e. The average Bonchev–Trinajstić information content (AvgIpc) is 2.34. The van der Waals surface area contributed by atoms with Gasteiger partial charge >= 0.3 is 12.2 Å². The molecule has 6 nitrogen and oxygen atoms in total. The second-order valence-corrected chi connectivity index (χ2v) is 5.74. The molecule has 0 aromatic carbocycles. The Labute approximate surface area is 120 Å². The summed E-state index contributed by atoms with van der Waals surface area (Å²) in [7, 11) is 0. The summed E-state index contributed by atoms with van der Waals surface area (Å²) in [4.78, 5) is 23.4. The summed E-state index contributed by atoms with van der Waals surface area (Å²) in [6.07, 6.45) is 4.93. The third-order valence-corrected chi connectivity index (χ3v) is 3.22. The highest BCUT2D eigenvalue weighted by Gasteiger charge is 2.36. The van der Waals surface area contributed by atoms with Crippen LogP contribution in [0.3, 0.4) is 0 Å². The number of nitrogens with zero attached hydrogens (tertiary/aromatic N) is 1. The molecule has 0 saturated heterocycles. The van der Waals surface area contributed by atoms with Gasteiger partial charge in [-0.25, -0.2) is 9.59 Å². The van der Waals surface area contributed by atoms with Crippen molar-refractivity contribution in [1.29, 1.82) is 0 Å². The van der Waals surface area contributed by atoms with Crippen LogP contribution in [-0.4, -0.2) is 40.9 Å². The molecule has 0 aliphatic heterocycles. The monoisotopic (exact) mass is 284 g/mol. The van der Waals surface area contributed by atoms with Crippen LogP contribution in [0.1, 0.15) is 40.5 Å². The van der Waals surface area contributed by atoms with Gasteiger partial charge in [-0.05, 0) is 20.3 Å². The van der Waals surface area contributed by atoms with Crippen molar-refractivity contribution < 1.29 is 19.4 Å². The Morgan fingerprint density at radius 1 is 1.40 bits per heavy atom. The van der Waals surface area contributed by atoms with E-state index < -0.39 is 23.1 Å². The first kappa shape index (κ1) is 18.1. The molecule has 1 unspecified atom stereocenters. The predicted molar refractivity (Wildman–Crippen MR) is 76.2 cm³/mol. The Morgan fingerprint density at radius 3 is 2.30 bits per heavy atom. The Morgan fingerprint density at radius 2 is 1.95 bits per heavy atom. The van der Waals surface area contributed by atoms with E-state index in [2.05, 4.69) is 5.92 Å². The van der Waals surface area contributed by atoms with Crippen LogP contribution in [0, 0.1) is 17.8 Å². The Hall–Kier alpha value is -1.90. The molecule has 0 aliphatic rings. The number of carbonyl (C=O) groups is 2. The predicted octanol–water partition coefficient (Wildman–Crippen LogP) is 2.28. The molecule has 2 amide bonds. The Bertz CT molecular complexity index is 400. The Kier molecular flexibility index (Phi) is 6.37. The van der Waals surface area contributed by atoms with Crippen LogP contribution in [0.25, 0.3) is 0 Å². The summed E-state index contributed by atoms with van der Waals surface area (Å²) in [6.45, 7) is 7.36. The quantitative estimate of drug-likeness (QED) is 0.701. The molecule has 0 aliphatic carbocycles. The smallest absolute Gasteiger partial charge is 0.408 e.